The predicted molar refractivity (Wildman–Crippen MR) is 67.5 cm³/mol. The van der Waals surface area contributed by atoms with Crippen molar-refractivity contribution in [3.8, 4) is 0 Å². The van der Waals surface area contributed by atoms with Crippen LogP contribution in [-0.2, 0) is 16.2 Å². The summed E-state index contributed by atoms with van der Waals surface area (Å²) in [5, 5.41) is 8.79. The Morgan fingerprint density at radius 3 is 2.43 bits per heavy atom. The van der Waals surface area contributed by atoms with Crippen LogP contribution >= 0.6 is 0 Å². The Morgan fingerprint density at radius 1 is 1.33 bits per heavy atom. The lowest BCUT2D eigenvalue weighted by molar-refractivity contribution is -0.140. The van der Waals surface area contributed by atoms with Gasteiger partial charge in [-0.05, 0) is 31.0 Å². The van der Waals surface area contributed by atoms with Gasteiger partial charge in [-0.3, -0.25) is 0 Å². The Balaban J connectivity index is 3.26. The zero-order valence-corrected chi connectivity index (χ0v) is 11.9. The lowest BCUT2D eigenvalue weighted by atomic mass is 10.2. The summed E-state index contributed by atoms with van der Waals surface area (Å²) in [7, 11) is -4.47. The largest absolute Gasteiger partial charge is 0.417 e. The van der Waals surface area contributed by atoms with Crippen molar-refractivity contribution in [3.05, 3.63) is 29.6 Å². The van der Waals surface area contributed by atoms with Crippen molar-refractivity contribution < 1.29 is 31.1 Å². The third kappa shape index (κ3) is 4.65. The first kappa shape index (κ1) is 17.9. The van der Waals surface area contributed by atoms with Gasteiger partial charge in [0.05, 0.1) is 10.5 Å². The molecule has 0 radical (unpaired) electrons. The van der Waals surface area contributed by atoms with Crippen LogP contribution in [0.5, 0.6) is 0 Å². The van der Waals surface area contributed by atoms with Crippen molar-refractivity contribution >= 4 is 10.0 Å². The molecule has 0 saturated carbocycles. The average molecular weight is 329 g/mol. The van der Waals surface area contributed by atoms with Gasteiger partial charge in [-0.1, -0.05) is 6.92 Å². The predicted octanol–water partition coefficient (Wildman–Crippen LogP) is 2.28. The Morgan fingerprint density at radius 2 is 1.95 bits per heavy atom. The van der Waals surface area contributed by atoms with Gasteiger partial charge in [0.1, 0.15) is 5.82 Å². The maximum absolute atomic E-state index is 13.0. The number of aliphatic hydroxyl groups excluding tert-OH is 1. The fraction of sp³-hybridized carbons (Fsp3) is 0.500. The van der Waals surface area contributed by atoms with Crippen molar-refractivity contribution in [2.24, 2.45) is 0 Å². The number of nitrogens with one attached hydrogen (secondary N) is 1. The molecule has 0 aliphatic rings. The van der Waals surface area contributed by atoms with Gasteiger partial charge in [0.25, 0.3) is 0 Å². The van der Waals surface area contributed by atoms with Gasteiger partial charge >= 0.3 is 6.18 Å². The summed E-state index contributed by atoms with van der Waals surface area (Å²) in [6.45, 7) is 1.31. The summed E-state index contributed by atoms with van der Waals surface area (Å²) >= 11 is 0. The van der Waals surface area contributed by atoms with E-state index in [1.807, 2.05) is 0 Å². The molecule has 1 aromatic carbocycles. The minimum absolute atomic E-state index is 0.0677. The van der Waals surface area contributed by atoms with Crippen molar-refractivity contribution in [1.82, 2.24) is 4.72 Å². The highest BCUT2D eigenvalue weighted by molar-refractivity contribution is 7.89. The van der Waals surface area contributed by atoms with Gasteiger partial charge in [-0.25, -0.2) is 17.5 Å². The van der Waals surface area contributed by atoms with E-state index in [-0.39, 0.29) is 19.1 Å². The third-order valence-corrected chi connectivity index (χ3v) is 4.41. The molecule has 1 rings (SSSR count). The molecule has 0 aliphatic heterocycles. The van der Waals surface area contributed by atoms with Crippen LogP contribution in [0.1, 0.15) is 25.3 Å². The van der Waals surface area contributed by atoms with E-state index in [4.69, 9.17) is 5.11 Å². The molecule has 0 aliphatic carbocycles. The van der Waals surface area contributed by atoms with Gasteiger partial charge in [-0.15, -0.1) is 0 Å². The molecule has 4 nitrogen and oxygen atoms in total. The van der Waals surface area contributed by atoms with Crippen molar-refractivity contribution in [1.29, 1.82) is 0 Å². The molecule has 1 atom stereocenters. The molecule has 120 valence electrons. The Labute approximate surface area is 119 Å². The first-order valence-corrected chi connectivity index (χ1v) is 7.60. The highest BCUT2D eigenvalue weighted by Crippen LogP contribution is 2.34. The molecule has 0 heterocycles. The van der Waals surface area contributed by atoms with Crippen molar-refractivity contribution in [2.75, 3.05) is 6.61 Å². The van der Waals surface area contributed by atoms with Crippen LogP contribution in [0.2, 0.25) is 0 Å². The van der Waals surface area contributed by atoms with Crippen LogP contribution in [0.25, 0.3) is 0 Å². The molecule has 0 spiro atoms. The lowest BCUT2D eigenvalue weighted by Gasteiger charge is -2.18. The molecule has 0 saturated heterocycles. The molecule has 0 aromatic heterocycles. The standard InChI is InChI=1S/C12H15F4NO3S/c1-2-9(5-6-18)17-21(19,20)11-4-3-8(13)7-10(11)12(14,15)16/h3-4,7,9,17-18H,2,5-6H2,1H3. The topological polar surface area (TPSA) is 66.4 Å². The molecule has 1 unspecified atom stereocenters. The summed E-state index contributed by atoms with van der Waals surface area (Å²) in [4.78, 5) is -1.03. The Bertz CT molecular complexity index is 587. The van der Waals surface area contributed by atoms with Crippen LogP contribution in [0, 0.1) is 5.82 Å². The van der Waals surface area contributed by atoms with Crippen LogP contribution in [0.3, 0.4) is 0 Å². The van der Waals surface area contributed by atoms with Gasteiger partial charge < -0.3 is 5.11 Å². The fourth-order valence-electron chi connectivity index (χ4n) is 1.74. The normalized spacial score (nSPS) is 14.2. The van der Waals surface area contributed by atoms with E-state index in [2.05, 4.69) is 4.72 Å². The highest BCUT2D eigenvalue weighted by Gasteiger charge is 2.38. The number of sulfonamides is 1. The minimum atomic E-state index is -5.00. The molecule has 0 bridgehead atoms. The summed E-state index contributed by atoms with van der Waals surface area (Å²) in [6, 6.07) is 0.663. The first-order valence-electron chi connectivity index (χ1n) is 6.11. The zero-order chi connectivity index (χ0) is 16.3. The monoisotopic (exact) mass is 329 g/mol. The van der Waals surface area contributed by atoms with Gasteiger partial charge in [0, 0.05) is 12.6 Å². The number of benzene rings is 1. The second-order valence-corrected chi connectivity index (χ2v) is 6.06. The maximum Gasteiger partial charge on any atom is 0.417 e. The van der Waals surface area contributed by atoms with E-state index < -0.39 is 38.5 Å². The van der Waals surface area contributed by atoms with E-state index >= 15 is 0 Å². The molecule has 9 heteroatoms. The Hall–Kier alpha value is -1.19. The van der Waals surface area contributed by atoms with Crippen molar-refractivity contribution in [2.45, 2.75) is 36.9 Å². The highest BCUT2D eigenvalue weighted by atomic mass is 32.2. The van der Waals surface area contributed by atoms with Crippen LogP contribution in [0.4, 0.5) is 17.6 Å². The van der Waals surface area contributed by atoms with Crippen LogP contribution in [-0.4, -0.2) is 26.2 Å². The summed E-state index contributed by atoms with van der Waals surface area (Å²) in [6.07, 6.45) is -4.63. The molecule has 1 aromatic rings. The quantitative estimate of drug-likeness (QED) is 0.787. The van der Waals surface area contributed by atoms with Crippen molar-refractivity contribution in [3.63, 3.8) is 0 Å². The van der Waals surface area contributed by atoms with E-state index in [0.717, 1.165) is 0 Å². The SMILES string of the molecule is CCC(CCO)NS(=O)(=O)c1ccc(F)cc1C(F)(F)F. The molecular weight excluding hydrogens is 314 g/mol. The second kappa shape index (κ2) is 6.71. The molecule has 2 N–H and O–H groups in total. The molecule has 21 heavy (non-hydrogen) atoms. The smallest absolute Gasteiger partial charge is 0.396 e. The van der Waals surface area contributed by atoms with E-state index in [0.29, 0.717) is 18.6 Å². The summed E-state index contributed by atoms with van der Waals surface area (Å²) in [5.41, 5.74) is -1.56. The number of rotatable bonds is 6. The average Bonchev–Trinajstić information content (AvgIpc) is 2.36. The molecule has 0 amide bonds. The number of halogens is 4. The van der Waals surface area contributed by atoms with Gasteiger partial charge in [0.2, 0.25) is 10.0 Å². The first-order chi connectivity index (χ1) is 9.61. The second-order valence-electron chi connectivity index (χ2n) is 4.38. The van der Waals surface area contributed by atoms with E-state index in [1.165, 1.54) is 0 Å². The molecular formula is C12H15F4NO3S. The minimum Gasteiger partial charge on any atom is -0.396 e. The van der Waals surface area contributed by atoms with Crippen LogP contribution < -0.4 is 4.72 Å². The number of alkyl halides is 3. The maximum atomic E-state index is 13.0. The number of aliphatic hydroxyl groups is 1. The number of hydrogen-bond acceptors (Lipinski definition) is 3. The third-order valence-electron chi connectivity index (χ3n) is 2.83. The van der Waals surface area contributed by atoms with Crippen LogP contribution in [0.15, 0.2) is 23.1 Å². The van der Waals surface area contributed by atoms with E-state index in [9.17, 15) is 26.0 Å². The summed E-state index contributed by atoms with van der Waals surface area (Å²) < 4.78 is 77.6. The van der Waals surface area contributed by atoms with E-state index in [1.54, 1.807) is 6.92 Å². The fourth-order valence-corrected chi connectivity index (χ4v) is 3.30. The number of hydrogen-bond donors (Lipinski definition) is 2. The molecule has 0 fully saturated rings. The zero-order valence-electron chi connectivity index (χ0n) is 11.1. The lowest BCUT2D eigenvalue weighted by Crippen LogP contribution is -2.36. The van der Waals surface area contributed by atoms with Gasteiger partial charge in [-0.2, -0.15) is 13.2 Å². The Kier molecular flexibility index (Phi) is 5.71. The summed E-state index contributed by atoms with van der Waals surface area (Å²) in [5.74, 6) is -1.18. The van der Waals surface area contributed by atoms with Gasteiger partial charge in [0.15, 0.2) is 0 Å².